The summed E-state index contributed by atoms with van der Waals surface area (Å²) in [6, 6.07) is 79.1. The minimum Gasteiger partial charge on any atom is -0.454 e. The van der Waals surface area contributed by atoms with Crippen LogP contribution in [0.1, 0.15) is 5.56 Å². The second-order valence-corrected chi connectivity index (χ2v) is 19.4. The quantitative estimate of drug-likeness (QED) is 0.125. The molecule has 0 atom stereocenters. The summed E-state index contributed by atoms with van der Waals surface area (Å²) in [5.74, 6) is 0. The predicted octanol–water partition coefficient (Wildman–Crippen LogP) is 11.0. The summed E-state index contributed by atoms with van der Waals surface area (Å²) in [5, 5.41) is 21.8. The third kappa shape index (κ3) is 4.89. The number of hydrogen-bond acceptors (Lipinski definition) is 2. The Hall–Kier alpha value is -7.91. The van der Waals surface area contributed by atoms with E-state index in [4.69, 9.17) is 4.42 Å². The van der Waals surface area contributed by atoms with Crippen LogP contribution in [0, 0.1) is 11.3 Å². The number of para-hydroxylation sites is 3. The van der Waals surface area contributed by atoms with Gasteiger partial charge in [-0.3, -0.25) is 0 Å². The van der Waals surface area contributed by atoms with Crippen LogP contribution < -0.4 is 20.7 Å². The zero-order chi connectivity index (χ0) is 39.8. The summed E-state index contributed by atoms with van der Waals surface area (Å²) >= 11 is 0. The number of hydrogen-bond donors (Lipinski definition) is 0. The van der Waals surface area contributed by atoms with Crippen LogP contribution in [-0.4, -0.2) is 17.2 Å². The Bertz CT molecular complexity index is 3640. The molecule has 280 valence electrons. The first kappa shape index (κ1) is 34.2. The van der Waals surface area contributed by atoms with Crippen molar-refractivity contribution < 1.29 is 4.42 Å². The number of rotatable bonds is 6. The van der Waals surface area contributed by atoms with Crippen LogP contribution in [-0.2, 0) is 0 Å². The van der Waals surface area contributed by atoms with Crippen molar-refractivity contribution in [2.45, 2.75) is 0 Å². The van der Waals surface area contributed by atoms with Gasteiger partial charge >= 0.3 is 0 Å². The average Bonchev–Trinajstić information content (AvgIpc) is 3.98. The topological polar surface area (TPSA) is 46.8 Å². The van der Waals surface area contributed by atoms with E-state index >= 15 is 0 Å². The first-order chi connectivity index (χ1) is 29.7. The van der Waals surface area contributed by atoms with Crippen molar-refractivity contribution in [3.8, 4) is 17.4 Å². The fourth-order valence-electron chi connectivity index (χ4n) is 9.95. The number of fused-ring (bicyclic) bond motifs is 10. The molecule has 3 aromatic heterocycles. The predicted molar refractivity (Wildman–Crippen MR) is 251 cm³/mol. The lowest BCUT2D eigenvalue weighted by Crippen LogP contribution is -2.74. The molecule has 0 aliphatic heterocycles. The fourth-order valence-corrected chi connectivity index (χ4v) is 14.8. The number of nitrogens with zero attached hydrogens (tertiary/aromatic N) is 3. The minimum absolute atomic E-state index is 0.655. The van der Waals surface area contributed by atoms with E-state index in [-0.39, 0.29) is 0 Å². The molecule has 0 saturated carbocycles. The van der Waals surface area contributed by atoms with Crippen molar-refractivity contribution in [2.24, 2.45) is 0 Å². The van der Waals surface area contributed by atoms with Gasteiger partial charge in [0.2, 0.25) is 0 Å². The van der Waals surface area contributed by atoms with Gasteiger partial charge in [-0.25, -0.2) is 0 Å². The van der Waals surface area contributed by atoms with Crippen molar-refractivity contribution in [1.29, 1.82) is 5.26 Å². The standard InChI is InChI=1S/C55H35N3OSi/c56-36-37-29-32-52-49(33-37)45-24-8-10-26-50(45)57(52)38-15-13-21-42(34-38)60(40-17-3-1-4-18-40,41-19-5-2-6-20-41)43-22-14-16-39(35-43)58-51-27-11-7-23-44(51)47-30-31-48-46-25-9-12-28-53(46)59-55(48)54(47)58/h1-35H. The van der Waals surface area contributed by atoms with Gasteiger partial charge in [0.1, 0.15) is 5.58 Å². The molecule has 0 N–H and O–H groups in total. The van der Waals surface area contributed by atoms with Crippen LogP contribution in [0.4, 0.5) is 0 Å². The molecule has 0 saturated heterocycles. The van der Waals surface area contributed by atoms with E-state index < -0.39 is 8.07 Å². The van der Waals surface area contributed by atoms with Crippen molar-refractivity contribution in [1.82, 2.24) is 9.13 Å². The third-order valence-corrected chi connectivity index (χ3v) is 17.2. The maximum absolute atomic E-state index is 9.85. The number of nitriles is 1. The van der Waals surface area contributed by atoms with Crippen LogP contribution in [0.2, 0.25) is 0 Å². The Balaban J connectivity index is 1.16. The second kappa shape index (κ2) is 13.3. The molecule has 0 fully saturated rings. The summed E-state index contributed by atoms with van der Waals surface area (Å²) in [6.45, 7) is 0. The highest BCUT2D eigenvalue weighted by Crippen LogP contribution is 2.40. The average molecular weight is 782 g/mol. The van der Waals surface area contributed by atoms with Gasteiger partial charge in [0, 0.05) is 43.7 Å². The molecular formula is C55H35N3OSi. The molecule has 60 heavy (non-hydrogen) atoms. The van der Waals surface area contributed by atoms with Crippen LogP contribution >= 0.6 is 0 Å². The number of benzene rings is 9. The molecule has 12 aromatic rings. The zero-order valence-electron chi connectivity index (χ0n) is 32.5. The highest BCUT2D eigenvalue weighted by atomic mass is 28.3. The maximum atomic E-state index is 9.85. The Morgan fingerprint density at radius 2 is 0.900 bits per heavy atom. The van der Waals surface area contributed by atoms with Gasteiger partial charge in [-0.2, -0.15) is 5.26 Å². The SMILES string of the molecule is N#Cc1ccc2c(c1)c1ccccc1n2-c1cccc([Si](c2ccccc2)(c2ccccc2)c2cccc(-n3c4ccccc4c4ccc5c6ccccc6oc5c43)c2)c1. The van der Waals surface area contributed by atoms with Crippen molar-refractivity contribution in [3.63, 3.8) is 0 Å². The molecular weight excluding hydrogens is 747 g/mol. The van der Waals surface area contributed by atoms with E-state index in [0.717, 1.165) is 71.5 Å². The molecule has 5 heteroatoms. The Kier molecular flexibility index (Phi) is 7.58. The maximum Gasteiger partial charge on any atom is 0.179 e. The minimum atomic E-state index is -3.05. The van der Waals surface area contributed by atoms with E-state index in [2.05, 4.69) is 209 Å². The van der Waals surface area contributed by atoms with Crippen LogP contribution in [0.15, 0.2) is 217 Å². The fraction of sp³-hybridized carbons (Fsp3) is 0. The smallest absolute Gasteiger partial charge is 0.179 e. The zero-order valence-corrected chi connectivity index (χ0v) is 33.5. The highest BCUT2D eigenvalue weighted by Gasteiger charge is 2.42. The Morgan fingerprint density at radius 1 is 0.383 bits per heavy atom. The van der Waals surface area contributed by atoms with Crippen LogP contribution in [0.5, 0.6) is 0 Å². The van der Waals surface area contributed by atoms with Gasteiger partial charge in [-0.15, -0.1) is 0 Å². The van der Waals surface area contributed by atoms with Gasteiger partial charge in [-0.05, 0) is 87.5 Å². The lowest BCUT2D eigenvalue weighted by molar-refractivity contribution is 0.671. The van der Waals surface area contributed by atoms with Crippen molar-refractivity contribution >= 4 is 94.4 Å². The molecule has 12 rings (SSSR count). The summed E-state index contributed by atoms with van der Waals surface area (Å²) in [7, 11) is -3.05. The summed E-state index contributed by atoms with van der Waals surface area (Å²) in [4.78, 5) is 0. The van der Waals surface area contributed by atoms with Gasteiger partial charge in [0.25, 0.3) is 0 Å². The van der Waals surface area contributed by atoms with Gasteiger partial charge in [-0.1, -0.05) is 146 Å². The van der Waals surface area contributed by atoms with Crippen LogP contribution in [0.25, 0.3) is 76.9 Å². The Labute approximate surface area is 347 Å². The molecule has 0 bridgehead atoms. The second-order valence-electron chi connectivity index (χ2n) is 15.6. The summed E-state index contributed by atoms with van der Waals surface area (Å²) in [6.07, 6.45) is 0. The summed E-state index contributed by atoms with van der Waals surface area (Å²) < 4.78 is 11.5. The Morgan fingerprint density at radius 3 is 1.57 bits per heavy atom. The lowest BCUT2D eigenvalue weighted by Gasteiger charge is -2.35. The largest absolute Gasteiger partial charge is 0.454 e. The number of aromatic nitrogens is 2. The molecule has 0 radical (unpaired) electrons. The van der Waals surface area contributed by atoms with Crippen molar-refractivity contribution in [3.05, 3.63) is 218 Å². The van der Waals surface area contributed by atoms with E-state index in [1.807, 2.05) is 18.2 Å². The first-order valence-electron chi connectivity index (χ1n) is 20.3. The van der Waals surface area contributed by atoms with E-state index in [1.54, 1.807) is 0 Å². The summed E-state index contributed by atoms with van der Waals surface area (Å²) in [5.41, 5.74) is 8.99. The molecule has 0 aliphatic carbocycles. The molecule has 9 aromatic carbocycles. The van der Waals surface area contributed by atoms with Crippen LogP contribution in [0.3, 0.4) is 0 Å². The molecule has 0 spiro atoms. The highest BCUT2D eigenvalue weighted by molar-refractivity contribution is 7.20. The monoisotopic (exact) mass is 781 g/mol. The normalized spacial score (nSPS) is 12.0. The molecule has 0 aliphatic rings. The number of furan rings is 1. The van der Waals surface area contributed by atoms with Gasteiger partial charge in [0.15, 0.2) is 13.7 Å². The van der Waals surface area contributed by atoms with Crippen molar-refractivity contribution in [2.75, 3.05) is 0 Å². The molecule has 4 nitrogen and oxygen atoms in total. The third-order valence-electron chi connectivity index (χ3n) is 12.5. The molecule has 0 amide bonds. The van der Waals surface area contributed by atoms with E-state index in [0.29, 0.717) is 5.56 Å². The van der Waals surface area contributed by atoms with Gasteiger partial charge in [0.05, 0.1) is 33.7 Å². The lowest BCUT2D eigenvalue weighted by atomic mass is 10.1. The van der Waals surface area contributed by atoms with E-state index in [1.165, 1.54) is 26.1 Å². The van der Waals surface area contributed by atoms with Gasteiger partial charge < -0.3 is 13.6 Å². The van der Waals surface area contributed by atoms with E-state index in [9.17, 15) is 5.26 Å². The first-order valence-corrected chi connectivity index (χ1v) is 22.3. The molecule has 0 unspecified atom stereocenters. The molecule has 3 heterocycles.